The third kappa shape index (κ3) is 3.54. The molecule has 0 aromatic heterocycles. The van der Waals surface area contributed by atoms with Crippen molar-refractivity contribution >= 4 is 17.9 Å². The van der Waals surface area contributed by atoms with E-state index in [9.17, 15) is 15.0 Å². The predicted molar refractivity (Wildman–Crippen MR) is 60.0 cm³/mol. The number of hydrogen-bond donors (Lipinski definition) is 4. The smallest absolute Gasteiger partial charge is 0.217 e. The highest BCUT2D eigenvalue weighted by Crippen LogP contribution is 2.24. The fourth-order valence-corrected chi connectivity index (χ4v) is 2.00. The van der Waals surface area contributed by atoms with Crippen LogP contribution in [0.4, 0.5) is 0 Å². The van der Waals surface area contributed by atoms with Crippen molar-refractivity contribution in [2.45, 2.75) is 37.6 Å². The molecule has 0 aromatic carbocycles. The van der Waals surface area contributed by atoms with Crippen molar-refractivity contribution in [2.75, 3.05) is 12.9 Å². The molecule has 1 fully saturated rings. The molecule has 1 rings (SSSR count). The highest BCUT2D eigenvalue weighted by Gasteiger charge is 2.45. The molecule has 4 N–H and O–H groups in total. The molecule has 0 saturated carbocycles. The zero-order valence-electron chi connectivity index (χ0n) is 9.57. The normalized spacial score (nSPS) is 37.8. The number of hydrogen-bond acceptors (Lipinski definition) is 7. The minimum atomic E-state index is -1.28. The van der Waals surface area contributed by atoms with E-state index in [0.29, 0.717) is 0 Å². The molecule has 0 spiro atoms. The SMILES string of the molecule is CSOC1OC(CO)C(O)C(O)C1NC(C)=O. The first kappa shape index (κ1) is 14.7. The van der Waals surface area contributed by atoms with Gasteiger partial charge in [0.15, 0.2) is 6.29 Å². The maximum Gasteiger partial charge on any atom is 0.217 e. The molecule has 100 valence electrons. The third-order valence-corrected chi connectivity index (χ3v) is 2.82. The Bertz CT molecular complexity index is 266. The largest absolute Gasteiger partial charge is 0.394 e. The van der Waals surface area contributed by atoms with Gasteiger partial charge in [-0.15, -0.1) is 0 Å². The van der Waals surface area contributed by atoms with Gasteiger partial charge in [-0.25, -0.2) is 0 Å². The van der Waals surface area contributed by atoms with Gasteiger partial charge in [0.1, 0.15) is 24.4 Å². The van der Waals surface area contributed by atoms with Gasteiger partial charge in [0.05, 0.1) is 6.61 Å². The first-order valence-electron chi connectivity index (χ1n) is 5.10. The Morgan fingerprint density at radius 2 is 2.12 bits per heavy atom. The summed E-state index contributed by atoms with van der Waals surface area (Å²) in [5.74, 6) is -0.373. The maximum absolute atomic E-state index is 11.0. The Morgan fingerprint density at radius 3 is 2.59 bits per heavy atom. The van der Waals surface area contributed by atoms with Crippen LogP contribution in [0.3, 0.4) is 0 Å². The van der Waals surface area contributed by atoms with Crippen LogP contribution >= 0.6 is 12.0 Å². The quantitative estimate of drug-likeness (QED) is 0.446. The van der Waals surface area contributed by atoms with E-state index >= 15 is 0 Å². The van der Waals surface area contributed by atoms with Crippen LogP contribution in [0.2, 0.25) is 0 Å². The van der Waals surface area contributed by atoms with Crippen molar-refractivity contribution < 1.29 is 29.0 Å². The van der Waals surface area contributed by atoms with E-state index in [0.717, 1.165) is 12.0 Å². The lowest BCUT2D eigenvalue weighted by Gasteiger charge is -2.41. The molecule has 17 heavy (non-hydrogen) atoms. The second kappa shape index (κ2) is 6.53. The van der Waals surface area contributed by atoms with Crippen molar-refractivity contribution in [3.05, 3.63) is 0 Å². The van der Waals surface area contributed by atoms with Gasteiger partial charge < -0.3 is 25.4 Å². The average Bonchev–Trinajstić information content (AvgIpc) is 2.28. The zero-order chi connectivity index (χ0) is 13.0. The minimum absolute atomic E-state index is 0.373. The molecule has 1 aliphatic rings. The highest BCUT2D eigenvalue weighted by molar-refractivity contribution is 7.93. The third-order valence-electron chi connectivity index (χ3n) is 2.44. The predicted octanol–water partition coefficient (Wildman–Crippen LogP) is -1.78. The molecule has 0 radical (unpaired) electrons. The molecule has 0 bridgehead atoms. The molecule has 1 amide bonds. The Balaban J connectivity index is 2.78. The van der Waals surface area contributed by atoms with E-state index in [1.54, 1.807) is 6.26 Å². The number of aliphatic hydroxyl groups is 3. The van der Waals surface area contributed by atoms with E-state index in [1.165, 1.54) is 6.92 Å². The van der Waals surface area contributed by atoms with E-state index in [-0.39, 0.29) is 5.91 Å². The molecule has 5 atom stereocenters. The molecule has 7 nitrogen and oxygen atoms in total. The average molecular weight is 267 g/mol. The first-order valence-corrected chi connectivity index (χ1v) is 6.25. The van der Waals surface area contributed by atoms with E-state index in [4.69, 9.17) is 14.0 Å². The number of carbonyl (C=O) groups excluding carboxylic acids is 1. The van der Waals surface area contributed by atoms with Crippen LogP contribution in [0, 0.1) is 0 Å². The number of amides is 1. The molecule has 1 heterocycles. The second-order valence-electron chi connectivity index (χ2n) is 3.70. The topological polar surface area (TPSA) is 108 Å². The first-order chi connectivity index (χ1) is 8.01. The van der Waals surface area contributed by atoms with Gasteiger partial charge in [0.2, 0.25) is 5.91 Å². The standard InChI is InChI=1S/C9H17NO6S/c1-4(12)10-6-8(14)7(13)5(3-11)15-9(6)16-17-2/h5-9,11,13-14H,3H2,1-2H3,(H,10,12). The van der Waals surface area contributed by atoms with Crippen LogP contribution in [0.15, 0.2) is 0 Å². The molecule has 5 unspecified atom stereocenters. The van der Waals surface area contributed by atoms with Crippen molar-refractivity contribution in [1.29, 1.82) is 0 Å². The summed E-state index contributed by atoms with van der Waals surface area (Å²) in [7, 11) is 0. The summed E-state index contributed by atoms with van der Waals surface area (Å²) < 4.78 is 10.4. The van der Waals surface area contributed by atoms with Gasteiger partial charge >= 0.3 is 0 Å². The summed E-state index contributed by atoms with van der Waals surface area (Å²) in [5.41, 5.74) is 0. The summed E-state index contributed by atoms with van der Waals surface area (Å²) in [6, 6.07) is -0.877. The summed E-state index contributed by atoms with van der Waals surface area (Å²) in [5, 5.41) is 30.9. The van der Waals surface area contributed by atoms with Gasteiger partial charge in [-0.1, -0.05) is 0 Å². The highest BCUT2D eigenvalue weighted by atomic mass is 32.2. The lowest BCUT2D eigenvalue weighted by Crippen LogP contribution is -2.64. The van der Waals surface area contributed by atoms with Crippen LogP contribution in [0.5, 0.6) is 0 Å². The van der Waals surface area contributed by atoms with Crippen molar-refractivity contribution in [3.63, 3.8) is 0 Å². The van der Waals surface area contributed by atoms with Crippen molar-refractivity contribution in [2.24, 2.45) is 0 Å². The Hall–Kier alpha value is -0.380. The monoisotopic (exact) mass is 267 g/mol. The number of nitrogens with one attached hydrogen (secondary N) is 1. The number of rotatable bonds is 4. The maximum atomic E-state index is 11.0. The van der Waals surface area contributed by atoms with Crippen LogP contribution in [-0.4, -0.2) is 64.7 Å². The number of carbonyl (C=O) groups is 1. The summed E-state index contributed by atoms with van der Waals surface area (Å²) in [4.78, 5) is 11.0. The molecule has 1 saturated heterocycles. The second-order valence-corrected chi connectivity index (χ2v) is 4.22. The summed E-state index contributed by atoms with van der Waals surface area (Å²) in [6.45, 7) is 0.840. The van der Waals surface area contributed by atoms with Gasteiger partial charge in [-0.2, -0.15) is 0 Å². The Morgan fingerprint density at radius 1 is 1.47 bits per heavy atom. The Kier molecular flexibility index (Phi) is 5.63. The van der Waals surface area contributed by atoms with Gasteiger partial charge in [-0.3, -0.25) is 8.98 Å². The van der Waals surface area contributed by atoms with Crippen molar-refractivity contribution in [3.8, 4) is 0 Å². The molecule has 1 aliphatic heterocycles. The van der Waals surface area contributed by atoms with Crippen LogP contribution < -0.4 is 5.32 Å². The minimum Gasteiger partial charge on any atom is -0.394 e. The summed E-state index contributed by atoms with van der Waals surface area (Å²) in [6.07, 6.45) is -2.75. The van der Waals surface area contributed by atoms with Crippen LogP contribution in [0.1, 0.15) is 6.92 Å². The molecule has 0 aromatic rings. The van der Waals surface area contributed by atoms with Crippen LogP contribution in [0.25, 0.3) is 0 Å². The van der Waals surface area contributed by atoms with Crippen LogP contribution in [-0.2, 0) is 13.7 Å². The fraction of sp³-hybridized carbons (Fsp3) is 0.889. The molecule has 0 aliphatic carbocycles. The molecule has 8 heteroatoms. The van der Waals surface area contributed by atoms with E-state index in [2.05, 4.69) is 5.32 Å². The number of aliphatic hydroxyl groups excluding tert-OH is 3. The lowest BCUT2D eigenvalue weighted by atomic mass is 9.97. The van der Waals surface area contributed by atoms with Gasteiger partial charge in [0, 0.05) is 13.2 Å². The van der Waals surface area contributed by atoms with Gasteiger partial charge in [-0.05, 0) is 12.0 Å². The van der Waals surface area contributed by atoms with E-state index in [1.807, 2.05) is 0 Å². The molecular formula is C9H17NO6S. The number of ether oxygens (including phenoxy) is 1. The van der Waals surface area contributed by atoms with Gasteiger partial charge in [0.25, 0.3) is 0 Å². The molecular weight excluding hydrogens is 250 g/mol. The zero-order valence-corrected chi connectivity index (χ0v) is 10.4. The van der Waals surface area contributed by atoms with E-state index < -0.39 is 37.3 Å². The summed E-state index contributed by atoms with van der Waals surface area (Å²) >= 11 is 1.00. The fourth-order valence-electron chi connectivity index (χ4n) is 1.65. The lowest BCUT2D eigenvalue weighted by molar-refractivity contribution is -0.240. The Labute approximate surface area is 103 Å². The van der Waals surface area contributed by atoms with Crippen molar-refractivity contribution in [1.82, 2.24) is 5.32 Å².